The second kappa shape index (κ2) is 6.37. The monoisotopic (exact) mass is 327 g/mol. The van der Waals surface area contributed by atoms with Crippen LogP contribution in [0.3, 0.4) is 0 Å². The van der Waals surface area contributed by atoms with Crippen LogP contribution in [0.25, 0.3) is 22.9 Å². The fourth-order valence-corrected chi connectivity index (χ4v) is 2.22. The number of benzene rings is 2. The van der Waals surface area contributed by atoms with Crippen LogP contribution >= 0.6 is 0 Å². The Bertz CT molecular complexity index is 877. The van der Waals surface area contributed by atoms with Gasteiger partial charge in [-0.15, -0.1) is 10.2 Å². The number of methoxy groups -OCH3 is 2. The van der Waals surface area contributed by atoms with Crippen LogP contribution in [-0.4, -0.2) is 29.3 Å². The molecule has 0 atom stereocenters. The molecule has 1 aromatic heterocycles. The molecule has 1 heterocycles. The molecule has 0 amide bonds. The highest BCUT2D eigenvalue weighted by atomic mass is 16.6. The van der Waals surface area contributed by atoms with Gasteiger partial charge in [0.2, 0.25) is 5.89 Å². The van der Waals surface area contributed by atoms with E-state index in [2.05, 4.69) is 10.2 Å². The summed E-state index contributed by atoms with van der Waals surface area (Å²) in [4.78, 5) is 10.8. The lowest BCUT2D eigenvalue weighted by molar-refractivity contribution is -0.384. The molecule has 8 nitrogen and oxygen atoms in total. The molecule has 0 spiro atoms. The average molecular weight is 327 g/mol. The lowest BCUT2D eigenvalue weighted by Crippen LogP contribution is -1.97. The van der Waals surface area contributed by atoms with E-state index in [1.165, 1.54) is 26.4 Å². The second-order valence-corrected chi connectivity index (χ2v) is 4.76. The molecule has 0 aliphatic carbocycles. The normalized spacial score (nSPS) is 10.4. The SMILES string of the molecule is COc1cc(-c2nnc(-c3ccccc3)o2)c([N+](=O)[O-])cc1OC. The van der Waals surface area contributed by atoms with Crippen molar-refractivity contribution in [2.45, 2.75) is 0 Å². The van der Waals surface area contributed by atoms with Crippen LogP contribution in [0.15, 0.2) is 46.9 Å². The van der Waals surface area contributed by atoms with Crippen LogP contribution in [0.1, 0.15) is 0 Å². The lowest BCUT2D eigenvalue weighted by atomic mass is 10.1. The van der Waals surface area contributed by atoms with Crippen molar-refractivity contribution >= 4 is 5.69 Å². The van der Waals surface area contributed by atoms with Gasteiger partial charge in [-0.3, -0.25) is 10.1 Å². The van der Waals surface area contributed by atoms with Gasteiger partial charge in [-0.1, -0.05) is 18.2 Å². The smallest absolute Gasteiger partial charge is 0.286 e. The van der Waals surface area contributed by atoms with Crippen LogP contribution in [-0.2, 0) is 0 Å². The summed E-state index contributed by atoms with van der Waals surface area (Å²) in [6.07, 6.45) is 0. The first kappa shape index (κ1) is 15.5. The first-order valence-corrected chi connectivity index (χ1v) is 6.93. The molecule has 0 saturated carbocycles. The Morgan fingerprint density at radius 2 is 1.62 bits per heavy atom. The van der Waals surface area contributed by atoms with Gasteiger partial charge in [0.1, 0.15) is 5.56 Å². The summed E-state index contributed by atoms with van der Waals surface area (Å²) in [7, 11) is 2.85. The number of nitro groups is 1. The van der Waals surface area contributed by atoms with Gasteiger partial charge in [0, 0.05) is 11.6 Å². The zero-order chi connectivity index (χ0) is 17.1. The number of hydrogen-bond acceptors (Lipinski definition) is 7. The molecule has 8 heteroatoms. The van der Waals surface area contributed by atoms with E-state index in [9.17, 15) is 10.1 Å². The van der Waals surface area contributed by atoms with E-state index in [0.717, 1.165) is 5.56 Å². The fraction of sp³-hybridized carbons (Fsp3) is 0.125. The summed E-state index contributed by atoms with van der Waals surface area (Å²) in [5, 5.41) is 19.2. The highest BCUT2D eigenvalue weighted by Gasteiger charge is 2.24. The number of aromatic nitrogens is 2. The van der Waals surface area contributed by atoms with Gasteiger partial charge in [-0.05, 0) is 12.1 Å². The van der Waals surface area contributed by atoms with Crippen molar-refractivity contribution in [3.63, 3.8) is 0 Å². The Labute approximate surface area is 136 Å². The van der Waals surface area contributed by atoms with Crippen molar-refractivity contribution in [2.75, 3.05) is 14.2 Å². The van der Waals surface area contributed by atoms with Crippen molar-refractivity contribution in [3.05, 3.63) is 52.6 Å². The Balaban J connectivity index is 2.12. The third-order valence-corrected chi connectivity index (χ3v) is 3.37. The summed E-state index contributed by atoms with van der Waals surface area (Å²) >= 11 is 0. The number of nitro benzene ring substituents is 1. The molecule has 0 radical (unpaired) electrons. The zero-order valence-corrected chi connectivity index (χ0v) is 12.9. The third kappa shape index (κ3) is 2.76. The number of hydrogen-bond donors (Lipinski definition) is 0. The Kier molecular flexibility index (Phi) is 4.11. The maximum absolute atomic E-state index is 11.4. The van der Waals surface area contributed by atoms with E-state index in [-0.39, 0.29) is 28.8 Å². The van der Waals surface area contributed by atoms with E-state index >= 15 is 0 Å². The molecular weight excluding hydrogens is 314 g/mol. The number of rotatable bonds is 5. The minimum absolute atomic E-state index is 0.0292. The van der Waals surface area contributed by atoms with Crippen molar-refractivity contribution in [3.8, 4) is 34.4 Å². The highest BCUT2D eigenvalue weighted by molar-refractivity contribution is 5.72. The van der Waals surface area contributed by atoms with Crippen molar-refractivity contribution in [1.29, 1.82) is 0 Å². The van der Waals surface area contributed by atoms with Crippen molar-refractivity contribution in [1.82, 2.24) is 10.2 Å². The van der Waals surface area contributed by atoms with Crippen LogP contribution in [0.5, 0.6) is 11.5 Å². The second-order valence-electron chi connectivity index (χ2n) is 4.76. The lowest BCUT2D eigenvalue weighted by Gasteiger charge is -2.08. The third-order valence-electron chi connectivity index (χ3n) is 3.37. The summed E-state index contributed by atoms with van der Waals surface area (Å²) in [5.74, 6) is 0.879. The summed E-state index contributed by atoms with van der Waals surface area (Å²) < 4.78 is 15.9. The topological polar surface area (TPSA) is 101 Å². The molecule has 0 bridgehead atoms. The Hall–Kier alpha value is -3.42. The van der Waals surface area contributed by atoms with E-state index in [1.807, 2.05) is 18.2 Å². The molecule has 0 aliphatic rings. The molecule has 0 aliphatic heterocycles. The van der Waals surface area contributed by atoms with Gasteiger partial charge in [0.25, 0.3) is 11.6 Å². The summed E-state index contributed by atoms with van der Waals surface area (Å²) in [6.45, 7) is 0. The Morgan fingerprint density at radius 3 is 2.25 bits per heavy atom. The average Bonchev–Trinajstić information content (AvgIpc) is 3.11. The summed E-state index contributed by atoms with van der Waals surface area (Å²) in [5.41, 5.74) is 0.669. The van der Waals surface area contributed by atoms with Crippen LogP contribution < -0.4 is 9.47 Å². The van der Waals surface area contributed by atoms with Crippen LogP contribution in [0.4, 0.5) is 5.69 Å². The molecular formula is C16H13N3O5. The van der Waals surface area contributed by atoms with Crippen molar-refractivity contribution in [2.24, 2.45) is 0 Å². The molecule has 122 valence electrons. The quantitative estimate of drug-likeness (QED) is 0.523. The predicted molar refractivity (Wildman–Crippen MR) is 84.9 cm³/mol. The first-order valence-electron chi connectivity index (χ1n) is 6.93. The number of nitrogens with zero attached hydrogens (tertiary/aromatic N) is 3. The highest BCUT2D eigenvalue weighted by Crippen LogP contribution is 2.39. The largest absolute Gasteiger partial charge is 0.493 e. The maximum Gasteiger partial charge on any atom is 0.286 e. The predicted octanol–water partition coefficient (Wildman–Crippen LogP) is 3.33. The van der Waals surface area contributed by atoms with Crippen LogP contribution in [0, 0.1) is 10.1 Å². The molecule has 2 aromatic carbocycles. The molecule has 0 N–H and O–H groups in total. The maximum atomic E-state index is 11.4. The zero-order valence-electron chi connectivity index (χ0n) is 12.9. The number of ether oxygens (including phenoxy) is 2. The molecule has 24 heavy (non-hydrogen) atoms. The molecule has 0 fully saturated rings. The Morgan fingerprint density at radius 1 is 1.00 bits per heavy atom. The molecule has 0 unspecified atom stereocenters. The van der Waals surface area contributed by atoms with Gasteiger partial charge in [0.15, 0.2) is 11.5 Å². The van der Waals surface area contributed by atoms with Gasteiger partial charge < -0.3 is 13.9 Å². The van der Waals surface area contributed by atoms with E-state index in [4.69, 9.17) is 13.9 Å². The van der Waals surface area contributed by atoms with Gasteiger partial charge in [-0.25, -0.2) is 0 Å². The van der Waals surface area contributed by atoms with Gasteiger partial charge in [-0.2, -0.15) is 0 Å². The van der Waals surface area contributed by atoms with E-state index in [0.29, 0.717) is 5.75 Å². The molecule has 0 saturated heterocycles. The van der Waals surface area contributed by atoms with Crippen LogP contribution in [0.2, 0.25) is 0 Å². The van der Waals surface area contributed by atoms with Gasteiger partial charge in [0.05, 0.1) is 25.2 Å². The van der Waals surface area contributed by atoms with E-state index in [1.54, 1.807) is 12.1 Å². The van der Waals surface area contributed by atoms with E-state index < -0.39 is 4.92 Å². The molecule has 3 aromatic rings. The minimum Gasteiger partial charge on any atom is -0.493 e. The summed E-state index contributed by atoms with van der Waals surface area (Å²) in [6, 6.07) is 11.8. The first-order chi connectivity index (χ1) is 11.6. The fourth-order valence-electron chi connectivity index (χ4n) is 2.22. The van der Waals surface area contributed by atoms with Crippen molar-refractivity contribution < 1.29 is 18.8 Å². The minimum atomic E-state index is -0.538. The van der Waals surface area contributed by atoms with Gasteiger partial charge >= 0.3 is 0 Å². The molecule has 3 rings (SSSR count). The standard InChI is InChI=1S/C16H13N3O5/c1-22-13-8-11(12(19(20)21)9-14(13)23-2)16-18-17-15(24-16)10-6-4-3-5-7-10/h3-9H,1-2H3.